The number of nitrogens with two attached hydrogens (primary N) is 1. The van der Waals surface area contributed by atoms with Gasteiger partial charge in [-0.2, -0.15) is 0 Å². The van der Waals surface area contributed by atoms with Crippen LogP contribution in [0.15, 0.2) is 47.4 Å². The van der Waals surface area contributed by atoms with E-state index in [4.69, 9.17) is 15.6 Å². The van der Waals surface area contributed by atoms with E-state index in [1.807, 2.05) is 0 Å². The molecule has 0 saturated heterocycles. The smallest absolute Gasteiger partial charge is 0.341 e. The number of benzene rings is 2. The molecule has 2 aromatic rings. The number of carbonyl (C=O) groups is 1. The highest BCUT2D eigenvalue weighted by atomic mass is 32.2. The Bertz CT molecular complexity index is 943. The van der Waals surface area contributed by atoms with Crippen LogP contribution in [-0.4, -0.2) is 31.5 Å². The molecule has 2 aromatic carbocycles. The first-order valence-corrected chi connectivity index (χ1v) is 10.1. The Hall–Kier alpha value is -2.45. The van der Waals surface area contributed by atoms with E-state index < -0.39 is 39.5 Å². The van der Waals surface area contributed by atoms with Crippen molar-refractivity contribution in [2.24, 2.45) is 5.73 Å². The number of ether oxygens (including phenoxy) is 1. The average molecular weight is 393 g/mol. The highest BCUT2D eigenvalue weighted by molar-refractivity contribution is 7.92. The fourth-order valence-electron chi connectivity index (χ4n) is 3.40. The molecule has 6 nitrogen and oxygen atoms in total. The fraction of sp³-hybridized carbons (Fsp3) is 0.316. The summed E-state index contributed by atoms with van der Waals surface area (Å²) in [5.74, 6) is -1.57. The molecule has 2 atom stereocenters. The number of rotatable bonds is 6. The summed E-state index contributed by atoms with van der Waals surface area (Å²) in [7, 11) is -3.83. The number of halogens is 1. The van der Waals surface area contributed by atoms with E-state index in [0.29, 0.717) is 12.2 Å². The van der Waals surface area contributed by atoms with Gasteiger partial charge in [0.2, 0.25) is 0 Å². The van der Waals surface area contributed by atoms with Crippen molar-refractivity contribution in [2.45, 2.75) is 35.4 Å². The van der Waals surface area contributed by atoms with Crippen LogP contribution in [0.4, 0.5) is 4.39 Å². The predicted octanol–water partition coefficient (Wildman–Crippen LogP) is 2.47. The molecular formula is C19H20FNO5S. The number of sulfone groups is 1. The molecule has 0 aromatic heterocycles. The van der Waals surface area contributed by atoms with Crippen molar-refractivity contribution in [2.75, 3.05) is 6.61 Å². The summed E-state index contributed by atoms with van der Waals surface area (Å²) >= 11 is 0. The van der Waals surface area contributed by atoms with Crippen molar-refractivity contribution in [3.63, 3.8) is 0 Å². The lowest BCUT2D eigenvalue weighted by Gasteiger charge is -2.30. The van der Waals surface area contributed by atoms with Gasteiger partial charge in [0.25, 0.3) is 0 Å². The average Bonchev–Trinajstić information content (AvgIpc) is 2.65. The lowest BCUT2D eigenvalue weighted by Crippen LogP contribution is -2.38. The maximum Gasteiger partial charge on any atom is 0.341 e. The van der Waals surface area contributed by atoms with E-state index in [0.717, 1.165) is 36.1 Å². The number of hydrogen-bond acceptors (Lipinski definition) is 5. The van der Waals surface area contributed by atoms with E-state index in [-0.39, 0.29) is 4.90 Å². The van der Waals surface area contributed by atoms with Crippen molar-refractivity contribution in [3.05, 3.63) is 59.4 Å². The SMILES string of the molecule is NC(C1CCCc2cc(OCC(=O)O)ccc21)S(=O)(=O)c1ccc(F)cc1. The lowest BCUT2D eigenvalue weighted by atomic mass is 9.82. The number of hydrogen-bond donors (Lipinski definition) is 2. The third kappa shape index (κ3) is 4.12. The second kappa shape index (κ2) is 7.66. The molecule has 144 valence electrons. The van der Waals surface area contributed by atoms with E-state index in [1.165, 1.54) is 12.1 Å². The van der Waals surface area contributed by atoms with Crippen LogP contribution in [0.3, 0.4) is 0 Å². The van der Waals surface area contributed by atoms with Crippen LogP contribution >= 0.6 is 0 Å². The number of aliphatic carboxylic acids is 1. The second-order valence-electron chi connectivity index (χ2n) is 6.51. The number of aryl methyl sites for hydroxylation is 1. The summed E-state index contributed by atoms with van der Waals surface area (Å²) in [6, 6.07) is 9.74. The zero-order chi connectivity index (χ0) is 19.6. The molecule has 0 bridgehead atoms. The molecule has 1 aliphatic rings. The van der Waals surface area contributed by atoms with E-state index in [2.05, 4.69) is 0 Å². The van der Waals surface area contributed by atoms with Gasteiger partial charge in [-0.3, -0.25) is 0 Å². The molecule has 3 rings (SSSR count). The monoisotopic (exact) mass is 393 g/mol. The molecule has 1 aliphatic carbocycles. The van der Waals surface area contributed by atoms with Crippen molar-refractivity contribution in [1.29, 1.82) is 0 Å². The topological polar surface area (TPSA) is 107 Å². The number of carboxylic acids is 1. The minimum absolute atomic E-state index is 0.00932. The molecule has 27 heavy (non-hydrogen) atoms. The minimum Gasteiger partial charge on any atom is -0.482 e. The highest BCUT2D eigenvalue weighted by Gasteiger charge is 2.35. The van der Waals surface area contributed by atoms with Crippen LogP contribution in [0, 0.1) is 5.82 Å². The highest BCUT2D eigenvalue weighted by Crippen LogP contribution is 2.38. The summed E-state index contributed by atoms with van der Waals surface area (Å²) in [4.78, 5) is 10.6. The molecular weight excluding hydrogens is 373 g/mol. The minimum atomic E-state index is -3.83. The third-order valence-corrected chi connectivity index (χ3v) is 6.71. The predicted molar refractivity (Wildman–Crippen MR) is 96.8 cm³/mol. The maximum atomic E-state index is 13.1. The second-order valence-corrected chi connectivity index (χ2v) is 8.61. The van der Waals surface area contributed by atoms with Gasteiger partial charge in [0, 0.05) is 5.92 Å². The molecule has 8 heteroatoms. The van der Waals surface area contributed by atoms with E-state index >= 15 is 0 Å². The van der Waals surface area contributed by atoms with Gasteiger partial charge in [0.05, 0.1) is 4.90 Å². The summed E-state index contributed by atoms with van der Waals surface area (Å²) < 4.78 is 44.0. The Kier molecular flexibility index (Phi) is 5.48. The number of carboxylic acid groups (broad SMARTS) is 1. The molecule has 2 unspecified atom stereocenters. The molecule has 3 N–H and O–H groups in total. The Labute approximate surface area is 156 Å². The molecule has 0 radical (unpaired) electrons. The standard InChI is InChI=1S/C19H20FNO5S/c20-13-4-7-15(8-5-13)27(24,25)19(21)17-3-1-2-12-10-14(6-9-16(12)17)26-11-18(22)23/h4-10,17,19H,1-3,11,21H2,(H,22,23). The summed E-state index contributed by atoms with van der Waals surface area (Å²) in [5.41, 5.74) is 7.88. The van der Waals surface area contributed by atoms with Crippen LogP contribution in [0.25, 0.3) is 0 Å². The fourth-order valence-corrected chi connectivity index (χ4v) is 4.95. The normalized spacial score (nSPS) is 17.8. The van der Waals surface area contributed by atoms with E-state index in [9.17, 15) is 17.6 Å². The largest absolute Gasteiger partial charge is 0.482 e. The van der Waals surface area contributed by atoms with Gasteiger partial charge in [-0.05, 0) is 66.8 Å². The van der Waals surface area contributed by atoms with Crippen LogP contribution in [-0.2, 0) is 21.1 Å². The molecule has 0 amide bonds. The molecule has 0 aliphatic heterocycles. The van der Waals surface area contributed by atoms with Gasteiger partial charge in [-0.1, -0.05) is 6.07 Å². The van der Waals surface area contributed by atoms with Gasteiger partial charge in [-0.25, -0.2) is 17.6 Å². The first-order chi connectivity index (χ1) is 12.8. The first kappa shape index (κ1) is 19.3. The quantitative estimate of drug-likeness (QED) is 0.730. The Morgan fingerprint density at radius 2 is 1.96 bits per heavy atom. The van der Waals surface area contributed by atoms with Gasteiger partial charge >= 0.3 is 5.97 Å². The van der Waals surface area contributed by atoms with Gasteiger partial charge in [-0.15, -0.1) is 0 Å². The molecule has 0 saturated carbocycles. The van der Waals surface area contributed by atoms with Gasteiger partial charge in [0.15, 0.2) is 16.4 Å². The summed E-state index contributed by atoms with van der Waals surface area (Å²) in [5, 5.41) is 7.55. The summed E-state index contributed by atoms with van der Waals surface area (Å²) in [6.45, 7) is -0.444. The van der Waals surface area contributed by atoms with Crippen LogP contribution < -0.4 is 10.5 Å². The molecule has 0 spiro atoms. The lowest BCUT2D eigenvalue weighted by molar-refractivity contribution is -0.139. The Morgan fingerprint density at radius 1 is 1.26 bits per heavy atom. The van der Waals surface area contributed by atoms with Gasteiger partial charge in [0.1, 0.15) is 16.9 Å². The number of fused-ring (bicyclic) bond motifs is 1. The molecule has 0 fully saturated rings. The van der Waals surface area contributed by atoms with Crippen molar-refractivity contribution in [1.82, 2.24) is 0 Å². The van der Waals surface area contributed by atoms with Crippen molar-refractivity contribution in [3.8, 4) is 5.75 Å². The first-order valence-electron chi connectivity index (χ1n) is 8.51. The Balaban J connectivity index is 1.88. The summed E-state index contributed by atoms with van der Waals surface area (Å²) in [6.07, 6.45) is 2.11. The third-order valence-electron chi connectivity index (χ3n) is 4.73. The maximum absolute atomic E-state index is 13.1. The van der Waals surface area contributed by atoms with Crippen LogP contribution in [0.5, 0.6) is 5.75 Å². The van der Waals surface area contributed by atoms with Crippen molar-refractivity contribution >= 4 is 15.8 Å². The van der Waals surface area contributed by atoms with Crippen molar-refractivity contribution < 1.29 is 27.4 Å². The molecule has 0 heterocycles. The van der Waals surface area contributed by atoms with Gasteiger partial charge < -0.3 is 15.6 Å². The Morgan fingerprint density at radius 3 is 2.63 bits per heavy atom. The zero-order valence-corrected chi connectivity index (χ0v) is 15.3. The zero-order valence-electron chi connectivity index (χ0n) is 14.5. The van der Waals surface area contributed by atoms with Crippen LogP contribution in [0.2, 0.25) is 0 Å². The van der Waals surface area contributed by atoms with Crippen LogP contribution in [0.1, 0.15) is 29.9 Å². The van der Waals surface area contributed by atoms with E-state index in [1.54, 1.807) is 18.2 Å².